The number of carbonyl (C=O) groups is 1. The Labute approximate surface area is 139 Å². The van der Waals surface area contributed by atoms with Crippen molar-refractivity contribution in [1.29, 1.82) is 0 Å². The Morgan fingerprint density at radius 1 is 1.39 bits per heavy atom. The first-order valence-electron chi connectivity index (χ1n) is 7.22. The summed E-state index contributed by atoms with van der Waals surface area (Å²) in [6.45, 7) is 5.78. The maximum atomic E-state index is 10.9. The Hall–Kier alpha value is -2.52. The summed E-state index contributed by atoms with van der Waals surface area (Å²) >= 11 is 1.34. The molecule has 0 aliphatic carbocycles. The van der Waals surface area contributed by atoms with Crippen LogP contribution >= 0.6 is 11.3 Å². The average molecular weight is 330 g/mol. The van der Waals surface area contributed by atoms with Crippen molar-refractivity contribution >= 4 is 17.2 Å². The van der Waals surface area contributed by atoms with Gasteiger partial charge in [0.2, 0.25) is 5.91 Å². The monoisotopic (exact) mass is 330 g/mol. The van der Waals surface area contributed by atoms with E-state index in [1.807, 2.05) is 38.1 Å². The van der Waals surface area contributed by atoms with E-state index < -0.39 is 0 Å². The fourth-order valence-corrected chi connectivity index (χ4v) is 2.43. The number of hydrogen-bond acceptors (Lipinski definition) is 5. The highest BCUT2D eigenvalue weighted by Crippen LogP contribution is 2.33. The molecule has 1 N–H and O–H groups in total. The third-order valence-electron chi connectivity index (χ3n) is 2.66. The van der Waals surface area contributed by atoms with Crippen molar-refractivity contribution < 1.29 is 14.3 Å². The SMILES string of the molecule is CCOc1ccccc1Oc1ncc(C#CC(C)NC(C)=O)s1. The van der Waals surface area contributed by atoms with Gasteiger partial charge < -0.3 is 14.8 Å². The highest BCUT2D eigenvalue weighted by atomic mass is 32.1. The lowest BCUT2D eigenvalue weighted by Gasteiger charge is -2.08. The first-order chi connectivity index (χ1) is 11.1. The standard InChI is InChI=1S/C17H18N2O3S/c1-4-21-15-7-5-6-8-16(15)22-17-18-11-14(23-17)10-9-12(2)19-13(3)20/h5-8,11-12H,4H2,1-3H3,(H,19,20). The molecular formula is C17H18N2O3S. The molecule has 1 aromatic heterocycles. The number of thiazole rings is 1. The van der Waals surface area contributed by atoms with Gasteiger partial charge in [0.15, 0.2) is 11.5 Å². The minimum Gasteiger partial charge on any atom is -0.490 e. The molecule has 6 heteroatoms. The van der Waals surface area contributed by atoms with Crippen LogP contribution in [-0.4, -0.2) is 23.5 Å². The molecule has 0 fully saturated rings. The summed E-state index contributed by atoms with van der Waals surface area (Å²) in [5, 5.41) is 3.20. The predicted octanol–water partition coefficient (Wildman–Crippen LogP) is 3.21. The number of rotatable bonds is 5. The number of para-hydroxylation sites is 2. The van der Waals surface area contributed by atoms with Gasteiger partial charge in [-0.05, 0) is 26.0 Å². The van der Waals surface area contributed by atoms with Crippen molar-refractivity contribution in [2.75, 3.05) is 6.61 Å². The van der Waals surface area contributed by atoms with Gasteiger partial charge in [0.1, 0.15) is 4.88 Å². The Morgan fingerprint density at radius 3 is 2.83 bits per heavy atom. The summed E-state index contributed by atoms with van der Waals surface area (Å²) in [6.07, 6.45) is 1.65. The van der Waals surface area contributed by atoms with Crippen molar-refractivity contribution in [2.24, 2.45) is 0 Å². The number of nitrogens with one attached hydrogen (secondary N) is 1. The molecule has 1 atom stereocenters. The van der Waals surface area contributed by atoms with Crippen molar-refractivity contribution in [2.45, 2.75) is 26.8 Å². The normalized spacial score (nSPS) is 11.1. The molecule has 0 bridgehead atoms. The van der Waals surface area contributed by atoms with Gasteiger partial charge in [0.25, 0.3) is 5.19 Å². The third-order valence-corrected chi connectivity index (χ3v) is 3.45. The molecular weight excluding hydrogens is 312 g/mol. The molecule has 1 unspecified atom stereocenters. The van der Waals surface area contributed by atoms with Gasteiger partial charge in [0, 0.05) is 6.92 Å². The fraction of sp³-hybridized carbons (Fsp3) is 0.294. The molecule has 0 spiro atoms. The highest BCUT2D eigenvalue weighted by molar-refractivity contribution is 7.13. The first-order valence-corrected chi connectivity index (χ1v) is 8.04. The molecule has 2 aromatic rings. The molecule has 120 valence electrons. The smallest absolute Gasteiger partial charge is 0.280 e. The fourth-order valence-electron chi connectivity index (χ4n) is 1.79. The van der Waals surface area contributed by atoms with Crippen molar-refractivity contribution in [3.8, 4) is 28.5 Å². The average Bonchev–Trinajstić information content (AvgIpc) is 2.94. The predicted molar refractivity (Wildman–Crippen MR) is 90.0 cm³/mol. The molecule has 23 heavy (non-hydrogen) atoms. The number of nitrogens with zero attached hydrogens (tertiary/aromatic N) is 1. The number of amides is 1. The minimum atomic E-state index is -0.211. The van der Waals surface area contributed by atoms with Crippen LogP contribution in [0, 0.1) is 11.8 Å². The third kappa shape index (κ3) is 5.31. The Morgan fingerprint density at radius 2 is 2.13 bits per heavy atom. The molecule has 1 heterocycles. The molecule has 0 aliphatic rings. The van der Waals surface area contributed by atoms with Crippen molar-refractivity contribution in [3.05, 3.63) is 35.3 Å². The molecule has 1 aromatic carbocycles. The van der Waals surface area contributed by atoms with Crippen LogP contribution in [-0.2, 0) is 4.79 Å². The molecule has 0 saturated heterocycles. The van der Waals surface area contributed by atoms with Crippen LogP contribution in [0.5, 0.6) is 16.7 Å². The number of carbonyl (C=O) groups excluding carboxylic acids is 1. The van der Waals surface area contributed by atoms with Crippen LogP contribution in [0.1, 0.15) is 25.6 Å². The van der Waals surface area contributed by atoms with Crippen LogP contribution in [0.2, 0.25) is 0 Å². The summed E-state index contributed by atoms with van der Waals surface area (Å²) in [5.41, 5.74) is 0. The van der Waals surface area contributed by atoms with Crippen LogP contribution in [0.4, 0.5) is 0 Å². The highest BCUT2D eigenvalue weighted by Gasteiger charge is 2.08. The van der Waals surface area contributed by atoms with Gasteiger partial charge in [-0.3, -0.25) is 4.79 Å². The van der Waals surface area contributed by atoms with Crippen molar-refractivity contribution in [3.63, 3.8) is 0 Å². The second-order valence-electron chi connectivity index (χ2n) is 4.66. The van der Waals surface area contributed by atoms with Gasteiger partial charge in [-0.2, -0.15) is 0 Å². The van der Waals surface area contributed by atoms with E-state index in [9.17, 15) is 4.79 Å². The van der Waals surface area contributed by atoms with E-state index in [1.54, 1.807) is 6.20 Å². The van der Waals surface area contributed by atoms with Gasteiger partial charge >= 0.3 is 0 Å². The first kappa shape index (κ1) is 16.8. The molecule has 2 rings (SSSR count). The Balaban J connectivity index is 2.06. The van der Waals surface area contributed by atoms with Gasteiger partial charge in [-0.1, -0.05) is 35.3 Å². The van der Waals surface area contributed by atoms with Crippen LogP contribution < -0.4 is 14.8 Å². The van der Waals surface area contributed by atoms with Crippen LogP contribution in [0.15, 0.2) is 30.5 Å². The van der Waals surface area contributed by atoms with E-state index in [4.69, 9.17) is 9.47 Å². The number of benzene rings is 1. The molecule has 0 radical (unpaired) electrons. The second kappa shape index (κ2) is 8.20. The van der Waals surface area contributed by atoms with Gasteiger partial charge in [-0.25, -0.2) is 4.98 Å². The summed E-state index contributed by atoms with van der Waals surface area (Å²) in [7, 11) is 0. The second-order valence-corrected chi connectivity index (χ2v) is 5.66. The van der Waals surface area contributed by atoms with E-state index in [1.165, 1.54) is 18.3 Å². The lowest BCUT2D eigenvalue weighted by atomic mass is 10.3. The Bertz CT molecular complexity index is 731. The van der Waals surface area contributed by atoms with E-state index in [0.29, 0.717) is 23.3 Å². The summed E-state index contributed by atoms with van der Waals surface area (Å²) in [5.74, 6) is 7.12. The van der Waals surface area contributed by atoms with E-state index >= 15 is 0 Å². The molecule has 0 saturated carbocycles. The zero-order valence-corrected chi connectivity index (χ0v) is 14.1. The lowest BCUT2D eigenvalue weighted by molar-refractivity contribution is -0.119. The van der Waals surface area contributed by atoms with Gasteiger partial charge in [-0.15, -0.1) is 0 Å². The molecule has 1 amide bonds. The minimum absolute atomic E-state index is 0.104. The lowest BCUT2D eigenvalue weighted by Crippen LogP contribution is -2.28. The quantitative estimate of drug-likeness (QED) is 0.855. The number of aromatic nitrogens is 1. The zero-order valence-electron chi connectivity index (χ0n) is 13.3. The molecule has 0 aliphatic heterocycles. The maximum absolute atomic E-state index is 10.9. The van der Waals surface area contributed by atoms with E-state index in [0.717, 1.165) is 4.88 Å². The van der Waals surface area contributed by atoms with Crippen LogP contribution in [0.25, 0.3) is 0 Å². The summed E-state index contributed by atoms with van der Waals surface area (Å²) in [6, 6.07) is 7.23. The van der Waals surface area contributed by atoms with E-state index in [2.05, 4.69) is 22.1 Å². The molecule has 5 nitrogen and oxygen atoms in total. The summed E-state index contributed by atoms with van der Waals surface area (Å²) < 4.78 is 11.3. The maximum Gasteiger partial charge on any atom is 0.280 e. The Kier molecular flexibility index (Phi) is 6.01. The number of ether oxygens (including phenoxy) is 2. The topological polar surface area (TPSA) is 60.5 Å². The summed E-state index contributed by atoms with van der Waals surface area (Å²) in [4.78, 5) is 15.9. The van der Waals surface area contributed by atoms with Gasteiger partial charge in [0.05, 0.1) is 18.8 Å². The number of hydrogen-bond donors (Lipinski definition) is 1. The largest absolute Gasteiger partial charge is 0.490 e. The van der Waals surface area contributed by atoms with Crippen molar-refractivity contribution in [1.82, 2.24) is 10.3 Å². The zero-order chi connectivity index (χ0) is 16.7. The van der Waals surface area contributed by atoms with E-state index in [-0.39, 0.29) is 11.9 Å². The van der Waals surface area contributed by atoms with Crippen LogP contribution in [0.3, 0.4) is 0 Å².